The van der Waals surface area contributed by atoms with Crippen molar-refractivity contribution in [3.05, 3.63) is 58.9 Å². The molecule has 2 N–H and O–H groups in total. The van der Waals surface area contributed by atoms with Crippen LogP contribution in [0.2, 0.25) is 5.02 Å². The molecule has 0 saturated heterocycles. The number of amides is 1. The molecule has 26 heavy (non-hydrogen) atoms. The first-order chi connectivity index (χ1) is 12.2. The number of anilines is 1. The summed E-state index contributed by atoms with van der Waals surface area (Å²) < 4.78 is 40.1. The van der Waals surface area contributed by atoms with Gasteiger partial charge in [0.2, 0.25) is 0 Å². The van der Waals surface area contributed by atoms with E-state index in [1.165, 1.54) is 18.2 Å². The maximum atomic E-state index is 13.0. The van der Waals surface area contributed by atoms with Crippen molar-refractivity contribution >= 4 is 33.2 Å². The monoisotopic (exact) mass is 398 g/mol. The van der Waals surface area contributed by atoms with Gasteiger partial charge in [-0.25, -0.2) is 12.8 Å². The van der Waals surface area contributed by atoms with Crippen LogP contribution >= 0.6 is 11.6 Å². The molecule has 8 heteroatoms. The van der Waals surface area contributed by atoms with Gasteiger partial charge in [-0.05, 0) is 54.8 Å². The highest BCUT2D eigenvalue weighted by molar-refractivity contribution is 7.92. The number of rotatable bonds is 7. The van der Waals surface area contributed by atoms with Gasteiger partial charge >= 0.3 is 0 Å². The molecule has 0 aliphatic heterocycles. The summed E-state index contributed by atoms with van der Waals surface area (Å²) >= 11 is 6.05. The molecule has 2 aromatic carbocycles. The Hall–Kier alpha value is -2.12. The van der Waals surface area contributed by atoms with Gasteiger partial charge in [0.05, 0.1) is 15.6 Å². The normalized spacial score (nSPS) is 11.4. The largest absolute Gasteiger partial charge is 0.352 e. The third-order valence-electron chi connectivity index (χ3n) is 3.60. The Balaban J connectivity index is 2.19. The number of carbonyl (C=O) groups excluding carboxylic acids is 1. The van der Waals surface area contributed by atoms with Crippen LogP contribution in [-0.2, 0) is 10.0 Å². The van der Waals surface area contributed by atoms with E-state index in [2.05, 4.69) is 23.9 Å². The van der Waals surface area contributed by atoms with Crippen molar-refractivity contribution in [2.75, 3.05) is 11.3 Å². The van der Waals surface area contributed by atoms with E-state index in [1.807, 2.05) is 0 Å². The van der Waals surface area contributed by atoms with Crippen LogP contribution in [-0.4, -0.2) is 20.9 Å². The van der Waals surface area contributed by atoms with Crippen LogP contribution in [0, 0.1) is 11.7 Å². The Morgan fingerprint density at radius 2 is 1.81 bits per heavy atom. The molecule has 0 aliphatic carbocycles. The van der Waals surface area contributed by atoms with Crippen molar-refractivity contribution in [3.63, 3.8) is 0 Å². The lowest BCUT2D eigenvalue weighted by Crippen LogP contribution is -2.25. The summed E-state index contributed by atoms with van der Waals surface area (Å²) in [5.74, 6) is -0.398. The lowest BCUT2D eigenvalue weighted by Gasteiger charge is -2.12. The third kappa shape index (κ3) is 5.44. The van der Waals surface area contributed by atoms with E-state index in [0.717, 1.165) is 30.7 Å². The van der Waals surface area contributed by atoms with Gasteiger partial charge in [0, 0.05) is 12.1 Å². The molecule has 0 aromatic heterocycles. The highest BCUT2D eigenvalue weighted by Crippen LogP contribution is 2.26. The van der Waals surface area contributed by atoms with Crippen molar-refractivity contribution in [3.8, 4) is 0 Å². The third-order valence-corrected chi connectivity index (χ3v) is 5.32. The Labute approximate surface area is 157 Å². The lowest BCUT2D eigenvalue weighted by atomic mass is 10.1. The highest BCUT2D eigenvalue weighted by atomic mass is 35.5. The van der Waals surface area contributed by atoms with Crippen LogP contribution in [0.4, 0.5) is 10.1 Å². The molecule has 0 unspecified atom stereocenters. The van der Waals surface area contributed by atoms with Gasteiger partial charge in [-0.15, -0.1) is 0 Å². The predicted octanol–water partition coefficient (Wildman–Crippen LogP) is 4.06. The second-order valence-corrected chi connectivity index (χ2v) is 8.28. The number of hydrogen-bond donors (Lipinski definition) is 2. The lowest BCUT2D eigenvalue weighted by molar-refractivity contribution is 0.0952. The molecule has 0 bridgehead atoms. The molecular formula is C18H20ClFN2O3S. The molecule has 0 spiro atoms. The molecule has 0 atom stereocenters. The first kappa shape index (κ1) is 20.2. The van der Waals surface area contributed by atoms with Crippen molar-refractivity contribution in [1.29, 1.82) is 0 Å². The van der Waals surface area contributed by atoms with Crippen molar-refractivity contribution in [2.45, 2.75) is 25.2 Å². The summed E-state index contributed by atoms with van der Waals surface area (Å²) in [4.78, 5) is 12.1. The van der Waals surface area contributed by atoms with Crippen molar-refractivity contribution < 1.29 is 17.6 Å². The fourth-order valence-electron chi connectivity index (χ4n) is 2.14. The standard InChI is InChI=1S/C18H20ClFN2O3S/c1-12(2)9-10-21-18(23)13-3-8-16(19)17(11-13)22-26(24,25)15-6-4-14(20)5-7-15/h3-8,11-12,22H,9-10H2,1-2H3,(H,21,23). The second kappa shape index (κ2) is 8.51. The maximum Gasteiger partial charge on any atom is 0.261 e. The molecule has 0 saturated carbocycles. The van der Waals surface area contributed by atoms with Crippen LogP contribution in [0.15, 0.2) is 47.4 Å². The topological polar surface area (TPSA) is 75.3 Å². The van der Waals surface area contributed by atoms with E-state index >= 15 is 0 Å². The van der Waals surface area contributed by atoms with Gasteiger partial charge < -0.3 is 5.32 Å². The van der Waals surface area contributed by atoms with Gasteiger partial charge in [0.25, 0.3) is 15.9 Å². The predicted molar refractivity (Wildman–Crippen MR) is 100 cm³/mol. The first-order valence-electron chi connectivity index (χ1n) is 8.05. The molecule has 0 radical (unpaired) electrons. The molecule has 1 amide bonds. The zero-order valence-electron chi connectivity index (χ0n) is 14.4. The molecule has 0 heterocycles. The Bertz CT molecular complexity index is 884. The summed E-state index contributed by atoms with van der Waals surface area (Å²) in [7, 11) is -3.96. The summed E-state index contributed by atoms with van der Waals surface area (Å²) in [6.07, 6.45) is 0.837. The van der Waals surface area contributed by atoms with E-state index in [4.69, 9.17) is 11.6 Å². The Morgan fingerprint density at radius 3 is 2.42 bits per heavy atom. The quantitative estimate of drug-likeness (QED) is 0.738. The molecule has 0 fully saturated rings. The van der Waals surface area contributed by atoms with Crippen molar-refractivity contribution in [1.82, 2.24) is 5.32 Å². The number of sulfonamides is 1. The first-order valence-corrected chi connectivity index (χ1v) is 9.91. The average Bonchev–Trinajstić information content (AvgIpc) is 2.56. The molecule has 2 aromatic rings. The van der Waals surface area contributed by atoms with E-state index < -0.39 is 15.8 Å². The van der Waals surface area contributed by atoms with Crippen molar-refractivity contribution in [2.24, 2.45) is 5.92 Å². The van der Waals surface area contributed by atoms with E-state index in [9.17, 15) is 17.6 Å². The van der Waals surface area contributed by atoms with Gasteiger partial charge in [-0.2, -0.15) is 0 Å². The fourth-order valence-corrected chi connectivity index (χ4v) is 3.43. The zero-order chi connectivity index (χ0) is 19.3. The van der Waals surface area contributed by atoms with Gasteiger partial charge in [-0.3, -0.25) is 9.52 Å². The van der Waals surface area contributed by atoms with Crippen LogP contribution < -0.4 is 10.0 Å². The average molecular weight is 399 g/mol. The minimum atomic E-state index is -3.96. The number of nitrogens with one attached hydrogen (secondary N) is 2. The number of halogens is 2. The van der Waals surface area contributed by atoms with Crippen LogP contribution in [0.3, 0.4) is 0 Å². The minimum absolute atomic E-state index is 0.0764. The molecule has 2 rings (SSSR count). The molecule has 0 aliphatic rings. The smallest absolute Gasteiger partial charge is 0.261 e. The molecular weight excluding hydrogens is 379 g/mol. The zero-order valence-corrected chi connectivity index (χ0v) is 16.0. The molecule has 140 valence electrons. The Morgan fingerprint density at radius 1 is 1.15 bits per heavy atom. The number of carbonyl (C=O) groups is 1. The van der Waals surface area contributed by atoms with E-state index in [0.29, 0.717) is 12.5 Å². The Kier molecular flexibility index (Phi) is 6.61. The van der Waals surface area contributed by atoms with Gasteiger partial charge in [0.1, 0.15) is 5.82 Å². The second-order valence-electron chi connectivity index (χ2n) is 6.19. The summed E-state index contributed by atoms with van der Waals surface area (Å²) in [6.45, 7) is 4.63. The SMILES string of the molecule is CC(C)CCNC(=O)c1ccc(Cl)c(NS(=O)(=O)c2ccc(F)cc2)c1. The fraction of sp³-hybridized carbons (Fsp3) is 0.278. The minimum Gasteiger partial charge on any atom is -0.352 e. The van der Waals surface area contributed by atoms with E-state index in [1.54, 1.807) is 0 Å². The summed E-state index contributed by atoms with van der Waals surface area (Å²) in [6, 6.07) is 8.73. The van der Waals surface area contributed by atoms with E-state index in [-0.39, 0.29) is 27.1 Å². The highest BCUT2D eigenvalue weighted by Gasteiger charge is 2.17. The van der Waals surface area contributed by atoms with Crippen LogP contribution in [0.5, 0.6) is 0 Å². The summed E-state index contributed by atoms with van der Waals surface area (Å²) in [5.41, 5.74) is 0.363. The maximum absolute atomic E-state index is 13.0. The number of hydrogen-bond acceptors (Lipinski definition) is 3. The molecule has 5 nitrogen and oxygen atoms in total. The van der Waals surface area contributed by atoms with Crippen LogP contribution in [0.1, 0.15) is 30.6 Å². The summed E-state index contributed by atoms with van der Waals surface area (Å²) in [5, 5.41) is 2.92. The van der Waals surface area contributed by atoms with Gasteiger partial charge in [-0.1, -0.05) is 25.4 Å². The van der Waals surface area contributed by atoms with Crippen LogP contribution in [0.25, 0.3) is 0 Å². The number of benzene rings is 2. The van der Waals surface area contributed by atoms with Gasteiger partial charge in [0.15, 0.2) is 0 Å².